The zero-order chi connectivity index (χ0) is 8.54. The van der Waals surface area contributed by atoms with Crippen molar-refractivity contribution in [1.82, 2.24) is 0 Å². The van der Waals surface area contributed by atoms with E-state index in [4.69, 9.17) is 9.05 Å². The van der Waals surface area contributed by atoms with Crippen LogP contribution in [0.25, 0.3) is 0 Å². The molecule has 11 heavy (non-hydrogen) atoms. The Labute approximate surface area is 67.6 Å². The Hall–Kier alpha value is 0.150. The van der Waals surface area contributed by atoms with Crippen LogP contribution in [0.1, 0.15) is 13.8 Å². The molecule has 1 aliphatic rings. The molecule has 1 heterocycles. The van der Waals surface area contributed by atoms with Gasteiger partial charge in [0.15, 0.2) is 0 Å². The third-order valence-electron chi connectivity index (χ3n) is 1.58. The molecule has 0 aromatic rings. The fourth-order valence-electron chi connectivity index (χ4n) is 0.754. The summed E-state index contributed by atoms with van der Waals surface area (Å²) in [7, 11) is -2.79. The van der Waals surface area contributed by atoms with E-state index in [1.54, 1.807) is 0 Å². The summed E-state index contributed by atoms with van der Waals surface area (Å²) in [6, 6.07) is 0. The largest absolute Gasteiger partial charge is 0.330 e. The van der Waals surface area contributed by atoms with E-state index in [1.165, 1.54) is 0 Å². The van der Waals surface area contributed by atoms with Crippen molar-refractivity contribution in [1.29, 1.82) is 0 Å². The maximum Gasteiger partial charge on any atom is 0.330 e. The van der Waals surface area contributed by atoms with Crippen molar-refractivity contribution in [2.24, 2.45) is 5.41 Å². The highest BCUT2D eigenvalue weighted by Crippen LogP contribution is 2.52. The fraction of sp³-hybridized carbons (Fsp3) is 0.857. The molecule has 0 N–H and O–H groups in total. The molecule has 1 radical (unpaired) electrons. The van der Waals surface area contributed by atoms with Crippen LogP contribution in [0, 0.1) is 12.3 Å². The SMILES string of the molecule is [CH2]CP1(=O)OCC(C)(C)CO1. The molecule has 0 bridgehead atoms. The van der Waals surface area contributed by atoms with Crippen LogP contribution in [-0.2, 0) is 13.6 Å². The van der Waals surface area contributed by atoms with E-state index in [2.05, 4.69) is 6.92 Å². The van der Waals surface area contributed by atoms with Crippen LogP contribution in [0.3, 0.4) is 0 Å². The molecule has 65 valence electrons. The van der Waals surface area contributed by atoms with E-state index in [-0.39, 0.29) is 11.6 Å². The quantitative estimate of drug-likeness (QED) is 0.575. The topological polar surface area (TPSA) is 35.5 Å². The molecule has 0 aliphatic carbocycles. The fourth-order valence-corrected chi connectivity index (χ4v) is 2.18. The van der Waals surface area contributed by atoms with Gasteiger partial charge in [0, 0.05) is 5.41 Å². The van der Waals surface area contributed by atoms with Gasteiger partial charge in [-0.1, -0.05) is 13.8 Å². The lowest BCUT2D eigenvalue weighted by Crippen LogP contribution is -2.29. The average Bonchev–Trinajstić information content (AvgIpc) is 1.97. The number of hydrogen-bond acceptors (Lipinski definition) is 3. The van der Waals surface area contributed by atoms with Crippen LogP contribution < -0.4 is 0 Å². The third-order valence-corrected chi connectivity index (χ3v) is 3.17. The Morgan fingerprint density at radius 2 is 1.91 bits per heavy atom. The zero-order valence-corrected chi connectivity index (χ0v) is 7.89. The lowest BCUT2D eigenvalue weighted by atomic mass is 9.97. The van der Waals surface area contributed by atoms with Crippen molar-refractivity contribution in [3.05, 3.63) is 6.92 Å². The normalized spacial score (nSPS) is 28.3. The minimum Gasteiger partial charge on any atom is -0.308 e. The summed E-state index contributed by atoms with van der Waals surface area (Å²) in [6.45, 7) is 8.54. The lowest BCUT2D eigenvalue weighted by molar-refractivity contribution is 0.0425. The van der Waals surface area contributed by atoms with Crippen molar-refractivity contribution in [3.63, 3.8) is 0 Å². The van der Waals surface area contributed by atoms with Crippen molar-refractivity contribution in [2.75, 3.05) is 19.4 Å². The van der Waals surface area contributed by atoms with E-state index in [0.29, 0.717) is 13.2 Å². The Morgan fingerprint density at radius 1 is 1.45 bits per heavy atom. The summed E-state index contributed by atoms with van der Waals surface area (Å²) in [4.78, 5) is 0. The van der Waals surface area contributed by atoms with Gasteiger partial charge >= 0.3 is 7.60 Å². The molecule has 0 saturated carbocycles. The molecule has 0 amide bonds. The molecule has 0 spiro atoms. The maximum absolute atomic E-state index is 11.4. The van der Waals surface area contributed by atoms with Gasteiger partial charge in [0.05, 0.1) is 19.4 Å². The van der Waals surface area contributed by atoms with E-state index >= 15 is 0 Å². The Morgan fingerprint density at radius 3 is 2.27 bits per heavy atom. The second-order valence-electron chi connectivity index (χ2n) is 3.55. The molecule has 3 nitrogen and oxygen atoms in total. The number of rotatable bonds is 1. The first-order valence-electron chi connectivity index (χ1n) is 3.65. The van der Waals surface area contributed by atoms with Crippen molar-refractivity contribution in [2.45, 2.75) is 13.8 Å². The minimum absolute atomic E-state index is 0.0108. The van der Waals surface area contributed by atoms with Crippen LogP contribution in [0.5, 0.6) is 0 Å². The highest BCUT2D eigenvalue weighted by atomic mass is 31.2. The standard InChI is InChI=1S/C7H14O3P/c1-4-11(8)9-5-7(2,3)6-10-11/h1,4-6H2,2-3H3. The molecular weight excluding hydrogens is 163 g/mol. The van der Waals surface area contributed by atoms with Crippen molar-refractivity contribution in [3.8, 4) is 0 Å². The van der Waals surface area contributed by atoms with Crippen molar-refractivity contribution < 1.29 is 13.6 Å². The summed E-state index contributed by atoms with van der Waals surface area (Å²) < 4.78 is 21.6. The van der Waals surface area contributed by atoms with E-state index < -0.39 is 7.60 Å². The molecule has 1 saturated heterocycles. The Bertz CT molecular complexity index is 174. The van der Waals surface area contributed by atoms with Gasteiger partial charge < -0.3 is 9.05 Å². The molecule has 0 aromatic carbocycles. The molecular formula is C7H14O3P. The predicted molar refractivity (Wildman–Crippen MR) is 43.5 cm³/mol. The van der Waals surface area contributed by atoms with Crippen LogP contribution in [-0.4, -0.2) is 19.4 Å². The highest BCUT2D eigenvalue weighted by molar-refractivity contribution is 7.54. The van der Waals surface area contributed by atoms with Gasteiger partial charge in [-0.2, -0.15) is 0 Å². The van der Waals surface area contributed by atoms with Gasteiger partial charge in [-0.15, -0.1) is 0 Å². The zero-order valence-electron chi connectivity index (χ0n) is 7.00. The Balaban J connectivity index is 2.55. The van der Waals surface area contributed by atoms with Crippen LogP contribution >= 0.6 is 7.60 Å². The predicted octanol–water partition coefficient (Wildman–Crippen LogP) is 2.09. The van der Waals surface area contributed by atoms with Gasteiger partial charge in [0.1, 0.15) is 0 Å². The summed E-state index contributed by atoms with van der Waals surface area (Å²) >= 11 is 0. The minimum atomic E-state index is -2.79. The first-order valence-corrected chi connectivity index (χ1v) is 5.38. The summed E-state index contributed by atoms with van der Waals surface area (Å²) in [6.07, 6.45) is 0.225. The average molecular weight is 177 g/mol. The Kier molecular flexibility index (Phi) is 2.43. The molecule has 4 heteroatoms. The first kappa shape index (κ1) is 9.24. The number of hydrogen-bond donors (Lipinski definition) is 0. The summed E-state index contributed by atoms with van der Waals surface area (Å²) in [5.41, 5.74) is -0.0108. The van der Waals surface area contributed by atoms with E-state index in [1.807, 2.05) is 13.8 Å². The van der Waals surface area contributed by atoms with Gasteiger partial charge in [-0.3, -0.25) is 4.57 Å². The molecule has 0 atom stereocenters. The second kappa shape index (κ2) is 2.89. The molecule has 0 unspecified atom stereocenters. The van der Waals surface area contributed by atoms with Crippen LogP contribution in [0.4, 0.5) is 0 Å². The maximum atomic E-state index is 11.4. The van der Waals surface area contributed by atoms with Crippen molar-refractivity contribution >= 4 is 7.60 Å². The summed E-state index contributed by atoms with van der Waals surface area (Å²) in [5, 5.41) is 0. The van der Waals surface area contributed by atoms with E-state index in [0.717, 1.165) is 0 Å². The summed E-state index contributed by atoms with van der Waals surface area (Å²) in [5.74, 6) is 0. The first-order chi connectivity index (χ1) is 4.97. The molecule has 1 aliphatic heterocycles. The second-order valence-corrected chi connectivity index (χ2v) is 5.73. The van der Waals surface area contributed by atoms with Crippen LogP contribution in [0.2, 0.25) is 0 Å². The lowest BCUT2D eigenvalue weighted by Gasteiger charge is -2.33. The monoisotopic (exact) mass is 177 g/mol. The molecule has 1 fully saturated rings. The van der Waals surface area contributed by atoms with Gasteiger partial charge in [-0.25, -0.2) is 0 Å². The van der Waals surface area contributed by atoms with Gasteiger partial charge in [0.25, 0.3) is 0 Å². The third kappa shape index (κ3) is 2.29. The van der Waals surface area contributed by atoms with Crippen LogP contribution in [0.15, 0.2) is 0 Å². The highest BCUT2D eigenvalue weighted by Gasteiger charge is 2.34. The van der Waals surface area contributed by atoms with E-state index in [9.17, 15) is 4.57 Å². The van der Waals surface area contributed by atoms with Gasteiger partial charge in [-0.05, 0) is 6.92 Å². The van der Waals surface area contributed by atoms with Gasteiger partial charge in [0.2, 0.25) is 0 Å². The molecule has 1 rings (SSSR count). The smallest absolute Gasteiger partial charge is 0.308 e. The molecule has 0 aromatic heterocycles.